The van der Waals surface area contributed by atoms with E-state index in [1.165, 1.54) is 38.5 Å². The molecule has 23 heavy (non-hydrogen) atoms. The van der Waals surface area contributed by atoms with Crippen LogP contribution in [0.5, 0.6) is 0 Å². The smallest absolute Gasteiger partial charge is 0.167 e. The number of hydrazine groups is 1. The van der Waals surface area contributed by atoms with Crippen molar-refractivity contribution in [1.82, 2.24) is 20.7 Å². The highest BCUT2D eigenvalue weighted by Crippen LogP contribution is 2.55. The summed E-state index contributed by atoms with van der Waals surface area (Å²) >= 11 is 5.72. The monoisotopic (exact) mass is 336 g/mol. The van der Waals surface area contributed by atoms with Crippen LogP contribution in [0.25, 0.3) is 0 Å². The van der Waals surface area contributed by atoms with Gasteiger partial charge in [0.25, 0.3) is 0 Å². The largest absolute Gasteiger partial charge is 0.357 e. The molecular formula is C18H32N4S. The Morgan fingerprint density at radius 3 is 1.87 bits per heavy atom. The molecule has 5 rings (SSSR count). The van der Waals surface area contributed by atoms with Crippen molar-refractivity contribution in [2.45, 2.75) is 64.0 Å². The summed E-state index contributed by atoms with van der Waals surface area (Å²) < 4.78 is 0. The molecule has 1 aliphatic heterocycles. The third-order valence-electron chi connectivity index (χ3n) is 6.74. The summed E-state index contributed by atoms with van der Waals surface area (Å²) in [4.78, 5) is 0. The van der Waals surface area contributed by atoms with Gasteiger partial charge in [0, 0.05) is 31.7 Å². The second-order valence-corrected chi connectivity index (χ2v) is 8.91. The van der Waals surface area contributed by atoms with Gasteiger partial charge in [0.05, 0.1) is 6.04 Å². The Bertz CT molecular complexity index is 419. The molecule has 0 aromatic rings. The number of hydrogen-bond acceptors (Lipinski definition) is 3. The van der Waals surface area contributed by atoms with Crippen molar-refractivity contribution in [3.05, 3.63) is 0 Å². The lowest BCUT2D eigenvalue weighted by Crippen LogP contribution is -2.62. The van der Waals surface area contributed by atoms with Crippen molar-refractivity contribution in [2.75, 3.05) is 26.2 Å². The Kier molecular flexibility index (Phi) is 4.31. The number of hydrogen-bond donors (Lipinski definition) is 2. The van der Waals surface area contributed by atoms with Crippen molar-refractivity contribution in [1.29, 1.82) is 0 Å². The van der Waals surface area contributed by atoms with E-state index in [-0.39, 0.29) is 0 Å². The minimum Gasteiger partial charge on any atom is -0.357 e. The maximum Gasteiger partial charge on any atom is 0.167 e. The van der Waals surface area contributed by atoms with Crippen LogP contribution in [0.4, 0.5) is 0 Å². The Labute approximate surface area is 146 Å². The average molecular weight is 337 g/mol. The van der Waals surface area contributed by atoms with Gasteiger partial charge in [-0.3, -0.25) is 0 Å². The molecule has 0 atom stereocenters. The fourth-order valence-electron chi connectivity index (χ4n) is 6.27. The summed E-state index contributed by atoms with van der Waals surface area (Å²) in [5.74, 6) is 2.90. The molecule has 5 heteroatoms. The topological polar surface area (TPSA) is 30.5 Å². The van der Waals surface area contributed by atoms with E-state index in [0.29, 0.717) is 11.6 Å². The molecule has 0 aromatic carbocycles. The maximum absolute atomic E-state index is 5.72. The van der Waals surface area contributed by atoms with E-state index in [9.17, 15) is 0 Å². The highest BCUT2D eigenvalue weighted by Gasteiger charge is 2.51. The summed E-state index contributed by atoms with van der Waals surface area (Å²) in [5.41, 5.74) is 0.326. The molecule has 5 fully saturated rings. The zero-order valence-electron chi connectivity index (χ0n) is 14.7. The number of rotatable bonds is 4. The van der Waals surface area contributed by atoms with Crippen molar-refractivity contribution in [3.63, 3.8) is 0 Å². The molecule has 4 nitrogen and oxygen atoms in total. The number of thiocarbonyl (C=S) groups is 1. The summed E-state index contributed by atoms with van der Waals surface area (Å²) in [7, 11) is 0. The normalized spacial score (nSPS) is 40.7. The maximum atomic E-state index is 5.72. The van der Waals surface area contributed by atoms with Crippen molar-refractivity contribution < 1.29 is 0 Å². The molecule has 0 aromatic heterocycles. The zero-order valence-corrected chi connectivity index (χ0v) is 15.5. The first kappa shape index (κ1) is 16.1. The molecule has 1 saturated heterocycles. The van der Waals surface area contributed by atoms with Gasteiger partial charge >= 0.3 is 0 Å². The average Bonchev–Trinajstić information content (AvgIpc) is 2.86. The van der Waals surface area contributed by atoms with Gasteiger partial charge in [0.1, 0.15) is 0 Å². The summed E-state index contributed by atoms with van der Waals surface area (Å²) in [6, 6.07) is 0.462. The lowest BCUT2D eigenvalue weighted by molar-refractivity contribution is -0.0102. The molecule has 0 spiro atoms. The fourth-order valence-corrected chi connectivity index (χ4v) is 6.66. The zero-order chi connectivity index (χ0) is 16.0. The van der Waals surface area contributed by atoms with Gasteiger partial charge in [-0.15, -0.1) is 0 Å². The molecule has 4 bridgehead atoms. The standard InChI is InChI=1S/C18H32N4S/c1-3-21-11-16(12-22(21)4-2)19-17(23)20-18-8-13-5-14(9-18)7-15(6-13)10-18/h13-16H,3-12H2,1-2H3,(H2,19,20,23). The Morgan fingerprint density at radius 1 is 0.957 bits per heavy atom. The van der Waals surface area contributed by atoms with Gasteiger partial charge in [-0.1, -0.05) is 13.8 Å². The molecule has 130 valence electrons. The lowest BCUT2D eigenvalue weighted by Gasteiger charge is -2.57. The molecule has 4 aliphatic carbocycles. The van der Waals surface area contributed by atoms with Crippen LogP contribution in [-0.4, -0.2) is 52.9 Å². The first-order valence-electron chi connectivity index (χ1n) is 9.67. The van der Waals surface area contributed by atoms with E-state index < -0.39 is 0 Å². The lowest BCUT2D eigenvalue weighted by atomic mass is 9.53. The highest BCUT2D eigenvalue weighted by molar-refractivity contribution is 7.80. The van der Waals surface area contributed by atoms with E-state index in [1.807, 2.05) is 0 Å². The van der Waals surface area contributed by atoms with Crippen molar-refractivity contribution in [2.24, 2.45) is 17.8 Å². The predicted molar refractivity (Wildman–Crippen MR) is 98.1 cm³/mol. The molecule has 2 N–H and O–H groups in total. The highest BCUT2D eigenvalue weighted by atomic mass is 32.1. The van der Waals surface area contributed by atoms with Crippen LogP contribution in [0.2, 0.25) is 0 Å². The van der Waals surface area contributed by atoms with E-state index in [4.69, 9.17) is 12.2 Å². The summed E-state index contributed by atoms with van der Waals surface area (Å²) in [5, 5.41) is 13.2. The minimum absolute atomic E-state index is 0.326. The Morgan fingerprint density at radius 2 is 1.43 bits per heavy atom. The van der Waals surface area contributed by atoms with Crippen LogP contribution in [0, 0.1) is 17.8 Å². The molecule has 0 radical (unpaired) electrons. The fraction of sp³-hybridized carbons (Fsp3) is 0.944. The SMILES string of the molecule is CCN1CC(NC(=S)NC23CC4CC(CC(C4)C2)C3)CN1CC. The van der Waals surface area contributed by atoms with Crippen LogP contribution in [0.15, 0.2) is 0 Å². The summed E-state index contributed by atoms with van der Waals surface area (Å²) in [6.45, 7) is 8.79. The molecular weight excluding hydrogens is 304 g/mol. The van der Waals surface area contributed by atoms with Gasteiger partial charge < -0.3 is 10.6 Å². The van der Waals surface area contributed by atoms with Gasteiger partial charge in [-0.05, 0) is 68.5 Å². The number of likely N-dealkylation sites (N-methyl/N-ethyl adjacent to an activating group) is 2. The predicted octanol–water partition coefficient (Wildman–Crippen LogP) is 2.36. The number of nitrogens with one attached hydrogen (secondary N) is 2. The third-order valence-corrected chi connectivity index (χ3v) is 6.96. The van der Waals surface area contributed by atoms with E-state index >= 15 is 0 Å². The van der Waals surface area contributed by atoms with E-state index in [0.717, 1.165) is 49.0 Å². The summed E-state index contributed by atoms with van der Waals surface area (Å²) in [6.07, 6.45) is 8.52. The third kappa shape index (κ3) is 3.12. The molecule has 5 aliphatic rings. The molecule has 0 unspecified atom stereocenters. The minimum atomic E-state index is 0.326. The van der Waals surface area contributed by atoms with Crippen LogP contribution in [-0.2, 0) is 0 Å². The second-order valence-electron chi connectivity index (χ2n) is 8.50. The Hall–Kier alpha value is -0.390. The van der Waals surface area contributed by atoms with Gasteiger partial charge in [0.2, 0.25) is 0 Å². The Balaban J connectivity index is 1.34. The van der Waals surface area contributed by atoms with Crippen molar-refractivity contribution >= 4 is 17.3 Å². The van der Waals surface area contributed by atoms with Crippen LogP contribution in [0.3, 0.4) is 0 Å². The second kappa shape index (κ2) is 6.16. The first-order chi connectivity index (χ1) is 11.1. The van der Waals surface area contributed by atoms with E-state index in [2.05, 4.69) is 34.5 Å². The van der Waals surface area contributed by atoms with Gasteiger partial charge in [0.15, 0.2) is 5.11 Å². The molecule has 0 amide bonds. The van der Waals surface area contributed by atoms with Gasteiger partial charge in [-0.25, -0.2) is 10.0 Å². The molecule has 4 saturated carbocycles. The first-order valence-corrected chi connectivity index (χ1v) is 10.1. The van der Waals surface area contributed by atoms with Gasteiger partial charge in [-0.2, -0.15) is 0 Å². The quantitative estimate of drug-likeness (QED) is 0.770. The van der Waals surface area contributed by atoms with Crippen LogP contribution >= 0.6 is 12.2 Å². The number of nitrogens with zero attached hydrogens (tertiary/aromatic N) is 2. The van der Waals surface area contributed by atoms with Crippen molar-refractivity contribution in [3.8, 4) is 0 Å². The molecule has 1 heterocycles. The van der Waals surface area contributed by atoms with Crippen LogP contribution < -0.4 is 10.6 Å². The van der Waals surface area contributed by atoms with E-state index in [1.54, 1.807) is 0 Å². The van der Waals surface area contributed by atoms with Crippen LogP contribution in [0.1, 0.15) is 52.4 Å².